The number of hydrogen-bond donors (Lipinski definition) is 2. The molecule has 2 aromatic rings. The number of imide groups is 1. The van der Waals surface area contributed by atoms with Crippen molar-refractivity contribution in [3.05, 3.63) is 24.2 Å². The number of halogens is 3. The van der Waals surface area contributed by atoms with Crippen LogP contribution < -0.4 is 15.4 Å². The van der Waals surface area contributed by atoms with Gasteiger partial charge in [-0.3, -0.25) is 10.1 Å². The average Bonchev–Trinajstić information content (AvgIpc) is 3.00. The number of rotatable bonds is 4. The van der Waals surface area contributed by atoms with Crippen LogP contribution in [0.2, 0.25) is 0 Å². The summed E-state index contributed by atoms with van der Waals surface area (Å²) >= 11 is 0. The normalized spacial score (nSPS) is 18.6. The molecule has 0 spiro atoms. The van der Waals surface area contributed by atoms with Gasteiger partial charge in [-0.25, -0.2) is 14.3 Å². The lowest BCUT2D eigenvalue weighted by molar-refractivity contribution is -0.219. The number of nitrogens with zero attached hydrogens (tertiary/aromatic N) is 3. The van der Waals surface area contributed by atoms with Gasteiger partial charge in [-0.05, 0) is 13.8 Å². The zero-order valence-corrected chi connectivity index (χ0v) is 13.9. The molecule has 3 heterocycles. The first-order valence-corrected chi connectivity index (χ1v) is 7.71. The number of amides is 3. The summed E-state index contributed by atoms with van der Waals surface area (Å²) < 4.78 is 45.8. The number of fused-ring (bicyclic) bond motifs is 1. The third-order valence-electron chi connectivity index (χ3n) is 4.08. The highest BCUT2D eigenvalue weighted by Crippen LogP contribution is 2.38. The highest BCUT2D eigenvalue weighted by molar-refractivity contribution is 6.00. The molecule has 2 aromatic heterocycles. The predicted molar refractivity (Wildman–Crippen MR) is 82.6 cm³/mol. The molecule has 1 fully saturated rings. The first kappa shape index (κ1) is 18.0. The molecule has 1 atom stereocenters. The van der Waals surface area contributed by atoms with Crippen LogP contribution in [0.1, 0.15) is 25.5 Å². The fraction of sp³-hybridized carbons (Fsp3) is 0.467. The first-order valence-electron chi connectivity index (χ1n) is 7.71. The molecular formula is C15H16F3N5O3. The van der Waals surface area contributed by atoms with Gasteiger partial charge in [-0.15, -0.1) is 0 Å². The van der Waals surface area contributed by atoms with Gasteiger partial charge in [0, 0.05) is 25.0 Å². The lowest BCUT2D eigenvalue weighted by Crippen LogP contribution is -2.51. The Kier molecular flexibility index (Phi) is 4.24. The average molecular weight is 371 g/mol. The van der Waals surface area contributed by atoms with Crippen molar-refractivity contribution in [2.45, 2.75) is 25.9 Å². The molecule has 0 aliphatic carbocycles. The fourth-order valence-electron chi connectivity index (χ4n) is 2.29. The summed E-state index contributed by atoms with van der Waals surface area (Å²) in [6.45, 7) is 1.45. The van der Waals surface area contributed by atoms with Crippen LogP contribution in [-0.2, 0) is 4.79 Å². The number of ether oxygens (including phenoxy) is 1. The first-order chi connectivity index (χ1) is 12.1. The summed E-state index contributed by atoms with van der Waals surface area (Å²) in [5.74, 6) is -1.28. The molecule has 1 aliphatic rings. The molecule has 0 bridgehead atoms. The number of aromatic nitrogens is 3. The van der Waals surface area contributed by atoms with Crippen molar-refractivity contribution in [2.24, 2.45) is 5.41 Å². The molecule has 11 heteroatoms. The van der Waals surface area contributed by atoms with Crippen LogP contribution in [-0.4, -0.2) is 45.9 Å². The molecule has 8 nitrogen and oxygen atoms in total. The molecule has 2 N–H and O–H groups in total. The van der Waals surface area contributed by atoms with E-state index in [2.05, 4.69) is 20.7 Å². The van der Waals surface area contributed by atoms with Gasteiger partial charge >= 0.3 is 12.2 Å². The summed E-state index contributed by atoms with van der Waals surface area (Å²) in [5.41, 5.74) is -1.60. The second-order valence-electron chi connectivity index (χ2n) is 6.55. The van der Waals surface area contributed by atoms with Crippen molar-refractivity contribution in [2.75, 3.05) is 13.2 Å². The summed E-state index contributed by atoms with van der Waals surface area (Å²) in [4.78, 5) is 27.2. The lowest BCUT2D eigenvalue weighted by Gasteiger charge is -2.27. The van der Waals surface area contributed by atoms with E-state index in [4.69, 9.17) is 4.74 Å². The van der Waals surface area contributed by atoms with Gasteiger partial charge in [0.15, 0.2) is 11.4 Å². The smallest absolute Gasteiger partial charge is 0.397 e. The molecule has 1 saturated heterocycles. The second kappa shape index (κ2) is 6.15. The minimum absolute atomic E-state index is 0.0192. The molecule has 3 amide bonds. The van der Waals surface area contributed by atoms with E-state index >= 15 is 0 Å². The van der Waals surface area contributed by atoms with E-state index in [1.807, 2.05) is 0 Å². The SMILES string of the molecule is CC(C)(COc1cc(C2CNC(=O)NC2=O)nn2ccnc12)C(F)(F)F. The summed E-state index contributed by atoms with van der Waals surface area (Å²) in [6.07, 6.45) is -1.54. The van der Waals surface area contributed by atoms with E-state index in [9.17, 15) is 22.8 Å². The Morgan fingerprint density at radius 2 is 2.08 bits per heavy atom. The highest BCUT2D eigenvalue weighted by atomic mass is 19.4. The second-order valence-corrected chi connectivity index (χ2v) is 6.55. The molecule has 3 rings (SSSR count). The van der Waals surface area contributed by atoms with Crippen LogP contribution in [0.5, 0.6) is 5.75 Å². The van der Waals surface area contributed by atoms with Gasteiger partial charge in [0.05, 0.1) is 17.0 Å². The molecule has 0 radical (unpaired) electrons. The number of imidazole rings is 1. The van der Waals surface area contributed by atoms with Gasteiger partial charge < -0.3 is 10.1 Å². The summed E-state index contributed by atoms with van der Waals surface area (Å²) in [7, 11) is 0. The van der Waals surface area contributed by atoms with E-state index < -0.39 is 36.1 Å². The van der Waals surface area contributed by atoms with Crippen LogP contribution >= 0.6 is 0 Å². The van der Waals surface area contributed by atoms with Crippen molar-refractivity contribution >= 4 is 17.6 Å². The third kappa shape index (κ3) is 3.28. The largest absolute Gasteiger partial charge is 0.489 e. The van der Waals surface area contributed by atoms with Crippen LogP contribution in [0.3, 0.4) is 0 Å². The molecule has 1 unspecified atom stereocenters. The Hall–Kier alpha value is -2.85. The Bertz CT molecular complexity index is 862. The number of carbonyl (C=O) groups is 2. The van der Waals surface area contributed by atoms with E-state index in [0.717, 1.165) is 13.8 Å². The Morgan fingerprint density at radius 1 is 1.35 bits per heavy atom. The number of alkyl halides is 3. The molecule has 26 heavy (non-hydrogen) atoms. The van der Waals surface area contributed by atoms with Crippen molar-refractivity contribution in [1.29, 1.82) is 0 Å². The van der Waals surface area contributed by atoms with Gasteiger partial charge in [-0.1, -0.05) is 0 Å². The number of nitrogens with one attached hydrogen (secondary N) is 2. The number of hydrogen-bond acceptors (Lipinski definition) is 5. The van der Waals surface area contributed by atoms with E-state index in [1.54, 1.807) is 0 Å². The summed E-state index contributed by atoms with van der Waals surface area (Å²) in [6, 6.07) is 0.759. The Labute approximate surface area is 145 Å². The van der Waals surface area contributed by atoms with Crippen molar-refractivity contribution in [1.82, 2.24) is 25.2 Å². The van der Waals surface area contributed by atoms with Crippen molar-refractivity contribution < 1.29 is 27.5 Å². The van der Waals surface area contributed by atoms with Crippen LogP contribution in [0.15, 0.2) is 18.5 Å². The summed E-state index contributed by atoms with van der Waals surface area (Å²) in [5, 5.41) is 8.82. The van der Waals surface area contributed by atoms with Gasteiger partial charge in [0.2, 0.25) is 5.91 Å². The zero-order valence-electron chi connectivity index (χ0n) is 13.9. The van der Waals surface area contributed by atoms with Gasteiger partial charge in [-0.2, -0.15) is 18.3 Å². The van der Waals surface area contributed by atoms with Crippen LogP contribution in [0.4, 0.5) is 18.0 Å². The molecular weight excluding hydrogens is 355 g/mol. The molecule has 1 aliphatic heterocycles. The van der Waals surface area contributed by atoms with Gasteiger partial charge in [0.25, 0.3) is 0 Å². The number of carbonyl (C=O) groups excluding carboxylic acids is 2. The number of urea groups is 1. The quantitative estimate of drug-likeness (QED) is 0.851. The minimum Gasteiger partial charge on any atom is -0.489 e. The zero-order chi connectivity index (χ0) is 19.1. The Balaban J connectivity index is 1.92. The molecule has 0 aromatic carbocycles. The van der Waals surface area contributed by atoms with Crippen molar-refractivity contribution in [3.8, 4) is 5.75 Å². The standard InChI is InChI=1S/C15H16F3N5O3/c1-14(2,15(16,17)18)7-26-10-5-9(22-23-4-3-19-11(10)23)8-6-20-13(25)21-12(8)24/h3-5,8H,6-7H2,1-2H3,(H2,20,21,24,25). The molecule has 0 saturated carbocycles. The predicted octanol–water partition coefficient (Wildman–Crippen LogP) is 1.62. The maximum Gasteiger partial charge on any atom is 0.397 e. The monoisotopic (exact) mass is 371 g/mol. The fourth-order valence-corrected chi connectivity index (χ4v) is 2.29. The van der Waals surface area contributed by atoms with Crippen molar-refractivity contribution in [3.63, 3.8) is 0 Å². The van der Waals surface area contributed by atoms with E-state index in [0.29, 0.717) is 0 Å². The lowest BCUT2D eigenvalue weighted by atomic mass is 9.94. The Morgan fingerprint density at radius 3 is 2.73 bits per heavy atom. The molecule has 140 valence electrons. The van der Waals surface area contributed by atoms with Gasteiger partial charge in [0.1, 0.15) is 6.61 Å². The third-order valence-corrected chi connectivity index (χ3v) is 4.08. The van der Waals surface area contributed by atoms with Crippen LogP contribution in [0, 0.1) is 5.41 Å². The maximum atomic E-state index is 13.0. The maximum absolute atomic E-state index is 13.0. The topological polar surface area (TPSA) is 97.6 Å². The van der Waals surface area contributed by atoms with E-state index in [-0.39, 0.29) is 23.6 Å². The highest BCUT2D eigenvalue weighted by Gasteiger charge is 2.48. The minimum atomic E-state index is -4.44. The van der Waals surface area contributed by atoms with Crippen LogP contribution in [0.25, 0.3) is 5.65 Å². The van der Waals surface area contributed by atoms with E-state index in [1.165, 1.54) is 23.0 Å².